The van der Waals surface area contributed by atoms with Crippen LogP contribution < -0.4 is 5.73 Å². The normalized spacial score (nSPS) is 10.8. The lowest BCUT2D eigenvalue weighted by Crippen LogP contribution is -1.97. The van der Waals surface area contributed by atoms with Gasteiger partial charge in [-0.2, -0.15) is 0 Å². The molecule has 4 nitrogen and oxygen atoms in total. The third kappa shape index (κ3) is 1.36. The van der Waals surface area contributed by atoms with Crippen LogP contribution >= 0.6 is 0 Å². The van der Waals surface area contributed by atoms with E-state index in [-0.39, 0.29) is 0 Å². The van der Waals surface area contributed by atoms with Gasteiger partial charge in [0.05, 0.1) is 17.4 Å². The smallest absolute Gasteiger partial charge is 0.123 e. The third-order valence-electron chi connectivity index (χ3n) is 1.91. The molecule has 0 fully saturated rings. The van der Waals surface area contributed by atoms with E-state index in [1.54, 1.807) is 13.4 Å². The van der Waals surface area contributed by atoms with Crippen molar-refractivity contribution in [3.05, 3.63) is 24.5 Å². The molecule has 0 atom stereocenters. The number of fused-ring (bicyclic) bond motifs is 1. The van der Waals surface area contributed by atoms with Gasteiger partial charge in [0.1, 0.15) is 6.73 Å². The van der Waals surface area contributed by atoms with Crippen molar-refractivity contribution in [2.75, 3.05) is 12.8 Å². The number of nitrogens with zero attached hydrogens (tertiary/aromatic N) is 2. The number of aromatic nitrogens is 2. The number of benzene rings is 1. The largest absolute Gasteiger partial charge is 0.399 e. The van der Waals surface area contributed by atoms with Gasteiger partial charge in [0.25, 0.3) is 0 Å². The summed E-state index contributed by atoms with van der Waals surface area (Å²) in [6.45, 7) is 0.500. The number of hydrogen-bond acceptors (Lipinski definition) is 3. The van der Waals surface area contributed by atoms with Crippen LogP contribution in [-0.2, 0) is 11.5 Å². The van der Waals surface area contributed by atoms with E-state index in [2.05, 4.69) is 4.98 Å². The summed E-state index contributed by atoms with van der Waals surface area (Å²) in [5.41, 5.74) is 8.35. The van der Waals surface area contributed by atoms with Gasteiger partial charge in [0.15, 0.2) is 0 Å². The highest BCUT2D eigenvalue weighted by Gasteiger charge is 2.01. The van der Waals surface area contributed by atoms with Crippen LogP contribution in [0.4, 0.5) is 5.69 Å². The molecule has 2 aromatic rings. The Morgan fingerprint density at radius 2 is 2.38 bits per heavy atom. The summed E-state index contributed by atoms with van der Waals surface area (Å²) in [6, 6.07) is 5.63. The molecule has 0 aliphatic rings. The zero-order valence-electron chi connectivity index (χ0n) is 7.40. The molecule has 0 spiro atoms. The van der Waals surface area contributed by atoms with Crippen LogP contribution in [0, 0.1) is 0 Å². The van der Waals surface area contributed by atoms with E-state index in [1.807, 2.05) is 22.8 Å². The van der Waals surface area contributed by atoms with Gasteiger partial charge in [-0.15, -0.1) is 0 Å². The Hall–Kier alpha value is -1.55. The Kier molecular flexibility index (Phi) is 1.90. The zero-order valence-corrected chi connectivity index (χ0v) is 7.40. The number of imidazole rings is 1. The molecule has 0 saturated heterocycles. The van der Waals surface area contributed by atoms with Crippen LogP contribution in [-0.4, -0.2) is 16.7 Å². The van der Waals surface area contributed by atoms with Crippen molar-refractivity contribution >= 4 is 16.7 Å². The first-order chi connectivity index (χ1) is 6.31. The second-order valence-corrected chi connectivity index (χ2v) is 2.88. The molecule has 0 aliphatic carbocycles. The Balaban J connectivity index is 2.58. The highest BCUT2D eigenvalue weighted by atomic mass is 16.5. The average Bonchev–Trinajstić information content (AvgIpc) is 2.49. The number of nitrogens with two attached hydrogens (primary N) is 1. The molecular formula is C9H11N3O. The summed E-state index contributed by atoms with van der Waals surface area (Å²) in [5, 5.41) is 0. The highest BCUT2D eigenvalue weighted by molar-refractivity contribution is 5.78. The molecule has 68 valence electrons. The highest BCUT2D eigenvalue weighted by Crippen LogP contribution is 2.15. The van der Waals surface area contributed by atoms with E-state index >= 15 is 0 Å². The first-order valence-electron chi connectivity index (χ1n) is 4.00. The predicted octanol–water partition coefficient (Wildman–Crippen LogP) is 1.22. The number of ether oxygens (including phenoxy) is 1. The van der Waals surface area contributed by atoms with Crippen molar-refractivity contribution in [1.29, 1.82) is 0 Å². The van der Waals surface area contributed by atoms with Crippen molar-refractivity contribution in [1.82, 2.24) is 9.55 Å². The minimum absolute atomic E-state index is 0.500. The summed E-state index contributed by atoms with van der Waals surface area (Å²) >= 11 is 0. The summed E-state index contributed by atoms with van der Waals surface area (Å²) < 4.78 is 6.92. The molecule has 0 amide bonds. The quantitative estimate of drug-likeness (QED) is 0.702. The lowest BCUT2D eigenvalue weighted by Gasteiger charge is -2.01. The Morgan fingerprint density at radius 3 is 3.15 bits per heavy atom. The lowest BCUT2D eigenvalue weighted by atomic mass is 10.3. The van der Waals surface area contributed by atoms with E-state index < -0.39 is 0 Å². The van der Waals surface area contributed by atoms with Crippen molar-refractivity contribution in [3.8, 4) is 0 Å². The molecular weight excluding hydrogens is 166 g/mol. The van der Waals surface area contributed by atoms with Crippen molar-refractivity contribution < 1.29 is 4.74 Å². The lowest BCUT2D eigenvalue weighted by molar-refractivity contribution is 0.134. The Bertz CT molecular complexity index is 422. The second-order valence-electron chi connectivity index (χ2n) is 2.88. The molecule has 0 bridgehead atoms. The van der Waals surface area contributed by atoms with Gasteiger partial charge in [0, 0.05) is 12.8 Å². The first-order valence-corrected chi connectivity index (χ1v) is 4.00. The van der Waals surface area contributed by atoms with Gasteiger partial charge in [-0.25, -0.2) is 4.98 Å². The molecule has 0 radical (unpaired) electrons. The number of hydrogen-bond donors (Lipinski definition) is 1. The molecule has 13 heavy (non-hydrogen) atoms. The van der Waals surface area contributed by atoms with Crippen molar-refractivity contribution in [3.63, 3.8) is 0 Å². The van der Waals surface area contributed by atoms with Gasteiger partial charge in [-0.1, -0.05) is 0 Å². The van der Waals surface area contributed by atoms with E-state index in [9.17, 15) is 0 Å². The molecule has 4 heteroatoms. The molecule has 2 N–H and O–H groups in total. The van der Waals surface area contributed by atoms with Crippen molar-refractivity contribution in [2.45, 2.75) is 6.73 Å². The van der Waals surface area contributed by atoms with Gasteiger partial charge < -0.3 is 15.0 Å². The van der Waals surface area contributed by atoms with Crippen molar-refractivity contribution in [2.24, 2.45) is 0 Å². The second kappa shape index (κ2) is 3.06. The standard InChI is InChI=1S/C9H11N3O/c1-13-6-12-5-11-8-3-2-7(10)4-9(8)12/h2-5H,6,10H2,1H3. The fourth-order valence-corrected chi connectivity index (χ4v) is 1.32. The monoisotopic (exact) mass is 177 g/mol. The Labute approximate surface area is 75.9 Å². The maximum absolute atomic E-state index is 5.67. The predicted molar refractivity (Wildman–Crippen MR) is 51.2 cm³/mol. The molecule has 1 aromatic carbocycles. The maximum atomic E-state index is 5.67. The van der Waals surface area contributed by atoms with E-state index in [0.717, 1.165) is 16.7 Å². The number of anilines is 1. The molecule has 0 unspecified atom stereocenters. The molecule has 1 aromatic heterocycles. The molecule has 2 rings (SSSR count). The van der Waals surface area contributed by atoms with E-state index in [4.69, 9.17) is 10.5 Å². The van der Waals surface area contributed by atoms with Crippen LogP contribution in [0.25, 0.3) is 11.0 Å². The van der Waals surface area contributed by atoms with E-state index in [1.165, 1.54) is 0 Å². The van der Waals surface area contributed by atoms with Crippen LogP contribution in [0.2, 0.25) is 0 Å². The van der Waals surface area contributed by atoms with Crippen LogP contribution in [0.1, 0.15) is 0 Å². The summed E-state index contributed by atoms with van der Waals surface area (Å²) in [5.74, 6) is 0. The third-order valence-corrected chi connectivity index (χ3v) is 1.91. The minimum Gasteiger partial charge on any atom is -0.399 e. The van der Waals surface area contributed by atoms with E-state index in [0.29, 0.717) is 6.73 Å². The fraction of sp³-hybridized carbons (Fsp3) is 0.222. The van der Waals surface area contributed by atoms with Crippen LogP contribution in [0.15, 0.2) is 24.5 Å². The zero-order chi connectivity index (χ0) is 9.26. The van der Waals surface area contributed by atoms with Gasteiger partial charge in [0.2, 0.25) is 0 Å². The maximum Gasteiger partial charge on any atom is 0.123 e. The number of rotatable bonds is 2. The van der Waals surface area contributed by atoms with Crippen LogP contribution in [0.5, 0.6) is 0 Å². The average molecular weight is 177 g/mol. The Morgan fingerprint density at radius 1 is 1.54 bits per heavy atom. The molecule has 0 saturated carbocycles. The van der Waals surface area contributed by atoms with Gasteiger partial charge >= 0.3 is 0 Å². The van der Waals surface area contributed by atoms with Gasteiger partial charge in [-0.3, -0.25) is 0 Å². The number of methoxy groups -OCH3 is 1. The van der Waals surface area contributed by atoms with Gasteiger partial charge in [-0.05, 0) is 18.2 Å². The SMILES string of the molecule is COCn1cnc2ccc(N)cc21. The summed E-state index contributed by atoms with van der Waals surface area (Å²) in [4.78, 5) is 4.21. The minimum atomic E-state index is 0.500. The molecule has 0 aliphatic heterocycles. The summed E-state index contributed by atoms with van der Waals surface area (Å²) in [7, 11) is 1.65. The first kappa shape index (κ1) is 8.07. The van der Waals surface area contributed by atoms with Crippen LogP contribution in [0.3, 0.4) is 0 Å². The fourth-order valence-electron chi connectivity index (χ4n) is 1.32. The molecule has 1 heterocycles. The summed E-state index contributed by atoms with van der Waals surface area (Å²) in [6.07, 6.45) is 1.74. The number of nitrogen functional groups attached to an aromatic ring is 1. The topological polar surface area (TPSA) is 53.1 Å².